The van der Waals surface area contributed by atoms with E-state index in [1.165, 1.54) is 12.1 Å². The van der Waals surface area contributed by atoms with Gasteiger partial charge in [-0.05, 0) is 60.4 Å². The maximum Gasteiger partial charge on any atom is 0.340 e. The molecule has 4 aromatic rings. The summed E-state index contributed by atoms with van der Waals surface area (Å²) < 4.78 is 6.79. The number of hydrogen-bond donors (Lipinski definition) is 2. The summed E-state index contributed by atoms with van der Waals surface area (Å²) in [5.74, 6) is -1.65. The molecule has 0 fully saturated rings. The lowest BCUT2D eigenvalue weighted by atomic mass is 10.0. The van der Waals surface area contributed by atoms with Crippen molar-refractivity contribution in [1.82, 2.24) is 9.72 Å². The van der Waals surface area contributed by atoms with Gasteiger partial charge in [0.1, 0.15) is 0 Å². The number of fused-ring (bicyclic) bond motifs is 2. The van der Waals surface area contributed by atoms with Crippen LogP contribution >= 0.6 is 11.8 Å². The molecule has 2 aromatic carbocycles. The second-order valence-electron chi connectivity index (χ2n) is 8.78. The molecule has 8 nitrogen and oxygen atoms in total. The number of nitrogens with one attached hydrogen (secondary N) is 1. The maximum absolute atomic E-state index is 13.6. The molecule has 1 atom stereocenters. The minimum atomic E-state index is -1.00. The van der Waals surface area contributed by atoms with E-state index in [0.717, 1.165) is 10.8 Å². The van der Waals surface area contributed by atoms with Gasteiger partial charge in [-0.15, -0.1) is 0 Å². The van der Waals surface area contributed by atoms with Gasteiger partial charge in [0, 0.05) is 23.4 Å². The third-order valence-corrected chi connectivity index (χ3v) is 6.84. The number of carboxylic acid groups (broad SMARTS) is 1. The minimum absolute atomic E-state index is 0.149. The smallest absolute Gasteiger partial charge is 0.340 e. The summed E-state index contributed by atoms with van der Waals surface area (Å²) in [6, 6.07) is 17.1. The van der Waals surface area contributed by atoms with E-state index < -0.39 is 23.9 Å². The van der Waals surface area contributed by atoms with Crippen LogP contribution in [-0.4, -0.2) is 57.8 Å². The first-order valence-corrected chi connectivity index (χ1v) is 13.6. The van der Waals surface area contributed by atoms with Crippen molar-refractivity contribution in [3.05, 3.63) is 89.2 Å². The lowest BCUT2D eigenvalue weighted by Gasteiger charge is -2.16. The summed E-state index contributed by atoms with van der Waals surface area (Å²) in [5.41, 5.74) is 1.47. The van der Waals surface area contributed by atoms with E-state index in [9.17, 15) is 24.3 Å². The van der Waals surface area contributed by atoms with E-state index in [-0.39, 0.29) is 35.6 Å². The molecule has 0 spiro atoms. The summed E-state index contributed by atoms with van der Waals surface area (Å²) in [5, 5.41) is 13.9. The van der Waals surface area contributed by atoms with Gasteiger partial charge in [-0.25, -0.2) is 4.79 Å². The third-order valence-electron chi connectivity index (χ3n) is 6.20. The average molecular weight is 533 g/mol. The number of hydrogen-bond acceptors (Lipinski definition) is 6. The second-order valence-corrected chi connectivity index (χ2v) is 9.76. The number of carbonyl (C=O) groups excluding carboxylic acids is 3. The van der Waals surface area contributed by atoms with Crippen LogP contribution in [0.25, 0.3) is 16.3 Å². The summed E-state index contributed by atoms with van der Waals surface area (Å²) in [6.45, 7) is 1.84. The number of ether oxygens (including phenoxy) is 1. The van der Waals surface area contributed by atoms with Crippen LogP contribution in [-0.2, 0) is 9.53 Å². The molecule has 0 radical (unpaired) electrons. The SMILES string of the molecule is CCOC(=O)c1cc(C(=O)c2ccc3ccccc3c2)n2ccc(C(=O)N[C@@H](CCSC)CC(=O)O)cc12. The third kappa shape index (κ3) is 5.89. The average Bonchev–Trinajstić information content (AvgIpc) is 3.30. The van der Waals surface area contributed by atoms with Crippen molar-refractivity contribution < 1.29 is 29.0 Å². The first-order chi connectivity index (χ1) is 18.3. The Labute approximate surface area is 224 Å². The number of nitrogens with zero attached hydrogens (tertiary/aromatic N) is 1. The number of carboxylic acids is 1. The summed E-state index contributed by atoms with van der Waals surface area (Å²) >= 11 is 1.56. The van der Waals surface area contributed by atoms with Crippen molar-refractivity contribution >= 4 is 51.7 Å². The van der Waals surface area contributed by atoms with Crippen molar-refractivity contribution in [3.8, 4) is 0 Å². The number of amides is 1. The van der Waals surface area contributed by atoms with Gasteiger partial charge < -0.3 is 19.6 Å². The number of esters is 1. The summed E-state index contributed by atoms with van der Waals surface area (Å²) in [6.07, 6.45) is 3.78. The molecule has 196 valence electrons. The molecule has 2 N–H and O–H groups in total. The lowest BCUT2D eigenvalue weighted by molar-refractivity contribution is -0.137. The molecule has 0 bridgehead atoms. The Balaban J connectivity index is 1.72. The predicted molar refractivity (Wildman–Crippen MR) is 147 cm³/mol. The molecule has 0 saturated carbocycles. The molecule has 0 aliphatic carbocycles. The van der Waals surface area contributed by atoms with E-state index in [0.29, 0.717) is 23.3 Å². The first-order valence-electron chi connectivity index (χ1n) is 12.2. The number of carbonyl (C=O) groups is 4. The highest BCUT2D eigenvalue weighted by molar-refractivity contribution is 7.98. The quantitative estimate of drug-likeness (QED) is 0.210. The largest absolute Gasteiger partial charge is 0.481 e. The highest BCUT2D eigenvalue weighted by atomic mass is 32.2. The Hall–Kier alpha value is -4.11. The highest BCUT2D eigenvalue weighted by Crippen LogP contribution is 2.24. The molecule has 9 heteroatoms. The number of aliphatic carboxylic acids is 1. The van der Waals surface area contributed by atoms with E-state index in [4.69, 9.17) is 4.74 Å². The molecule has 38 heavy (non-hydrogen) atoms. The van der Waals surface area contributed by atoms with Crippen molar-refractivity contribution in [2.75, 3.05) is 18.6 Å². The molecule has 1 amide bonds. The van der Waals surface area contributed by atoms with Gasteiger partial charge in [-0.2, -0.15) is 11.8 Å². The highest BCUT2D eigenvalue weighted by Gasteiger charge is 2.24. The van der Waals surface area contributed by atoms with Gasteiger partial charge in [-0.3, -0.25) is 14.4 Å². The second kappa shape index (κ2) is 12.0. The standard InChI is InChI=1S/C29H28N2O6S/c1-3-37-29(36)23-17-25(27(34)20-9-8-18-6-4-5-7-19(18)14-20)31-12-10-21(15-24(23)31)28(35)30-22(11-13-38-2)16-26(32)33/h4-10,12,14-15,17,22H,3,11,13,16H2,1-2H3,(H,30,35)(H,32,33)/t22-/m0/s1. The van der Waals surface area contributed by atoms with Crippen LogP contribution in [0.4, 0.5) is 0 Å². The molecular weight excluding hydrogens is 504 g/mol. The number of thioether (sulfide) groups is 1. The maximum atomic E-state index is 13.6. The Morgan fingerprint density at radius 2 is 1.76 bits per heavy atom. The number of benzene rings is 2. The number of ketones is 1. The van der Waals surface area contributed by atoms with Crippen LogP contribution in [0, 0.1) is 0 Å². The van der Waals surface area contributed by atoms with Crippen molar-refractivity contribution in [2.45, 2.75) is 25.8 Å². The Morgan fingerprint density at radius 3 is 2.47 bits per heavy atom. The zero-order valence-corrected chi connectivity index (χ0v) is 21.9. The zero-order chi connectivity index (χ0) is 27.2. The van der Waals surface area contributed by atoms with Crippen LogP contribution < -0.4 is 5.32 Å². The molecular formula is C29H28N2O6S. The Morgan fingerprint density at radius 1 is 1.00 bits per heavy atom. The number of aromatic nitrogens is 1. The topological polar surface area (TPSA) is 114 Å². The molecule has 2 aromatic heterocycles. The van der Waals surface area contributed by atoms with Gasteiger partial charge in [0.2, 0.25) is 5.78 Å². The molecule has 0 unspecified atom stereocenters. The molecule has 4 rings (SSSR count). The first kappa shape index (κ1) is 26.9. The molecule has 0 saturated heterocycles. The van der Waals surface area contributed by atoms with Crippen molar-refractivity contribution in [3.63, 3.8) is 0 Å². The predicted octanol–water partition coefficient (Wildman–Crippen LogP) is 4.83. The number of pyridine rings is 1. The van der Waals surface area contributed by atoms with Gasteiger partial charge in [0.05, 0.1) is 29.8 Å². The van der Waals surface area contributed by atoms with Gasteiger partial charge in [0.15, 0.2) is 0 Å². The van der Waals surface area contributed by atoms with Crippen molar-refractivity contribution in [1.29, 1.82) is 0 Å². The monoisotopic (exact) mass is 532 g/mol. The normalized spacial score (nSPS) is 11.8. The van der Waals surface area contributed by atoms with Crippen molar-refractivity contribution in [2.24, 2.45) is 0 Å². The fourth-order valence-corrected chi connectivity index (χ4v) is 4.85. The van der Waals surface area contributed by atoms with Gasteiger partial charge >= 0.3 is 11.9 Å². The van der Waals surface area contributed by atoms with Crippen LogP contribution in [0.15, 0.2) is 66.9 Å². The summed E-state index contributed by atoms with van der Waals surface area (Å²) in [7, 11) is 0. The van der Waals surface area contributed by atoms with Crippen LogP contribution in [0.1, 0.15) is 56.5 Å². The molecule has 0 aliphatic heterocycles. The van der Waals surface area contributed by atoms with Gasteiger partial charge in [-0.1, -0.05) is 36.4 Å². The Kier molecular flexibility index (Phi) is 8.48. The lowest BCUT2D eigenvalue weighted by Crippen LogP contribution is -2.37. The molecule has 0 aliphatic rings. The molecule has 2 heterocycles. The fourth-order valence-electron chi connectivity index (χ4n) is 4.33. The van der Waals surface area contributed by atoms with Crippen LogP contribution in [0.2, 0.25) is 0 Å². The fraction of sp³-hybridized carbons (Fsp3) is 0.241. The minimum Gasteiger partial charge on any atom is -0.481 e. The number of rotatable bonds is 11. The van der Waals surface area contributed by atoms with Gasteiger partial charge in [0.25, 0.3) is 5.91 Å². The van der Waals surface area contributed by atoms with Crippen LogP contribution in [0.5, 0.6) is 0 Å². The van der Waals surface area contributed by atoms with E-state index in [1.807, 2.05) is 36.6 Å². The van der Waals surface area contributed by atoms with E-state index in [2.05, 4.69) is 5.32 Å². The van der Waals surface area contributed by atoms with Crippen LogP contribution in [0.3, 0.4) is 0 Å². The summed E-state index contributed by atoms with van der Waals surface area (Å²) in [4.78, 5) is 50.6. The zero-order valence-electron chi connectivity index (χ0n) is 21.1. The van der Waals surface area contributed by atoms with E-state index in [1.54, 1.807) is 47.5 Å². The van der Waals surface area contributed by atoms with E-state index >= 15 is 0 Å². The Bertz CT molecular complexity index is 1530.